The van der Waals surface area contributed by atoms with Crippen LogP contribution in [0.1, 0.15) is 25.0 Å². The summed E-state index contributed by atoms with van der Waals surface area (Å²) in [5.41, 5.74) is 2.60. The largest absolute Gasteiger partial charge is 0.496 e. The van der Waals surface area contributed by atoms with Crippen molar-refractivity contribution in [2.75, 3.05) is 20.7 Å². The Kier molecular flexibility index (Phi) is 4.81. The molecule has 0 aliphatic rings. The third-order valence-electron chi connectivity index (χ3n) is 3.05. The fourth-order valence-corrected chi connectivity index (χ4v) is 1.66. The van der Waals surface area contributed by atoms with E-state index in [0.29, 0.717) is 6.04 Å². The molecule has 0 N–H and O–H groups in total. The molecular weight excluding hydrogens is 198 g/mol. The van der Waals surface area contributed by atoms with Crippen molar-refractivity contribution in [2.45, 2.75) is 33.2 Å². The molecule has 1 aromatic rings. The third-order valence-corrected chi connectivity index (χ3v) is 3.05. The maximum atomic E-state index is 5.37. The molecule has 0 atom stereocenters. The maximum Gasteiger partial charge on any atom is 0.122 e. The van der Waals surface area contributed by atoms with Gasteiger partial charge in [-0.3, -0.25) is 0 Å². The number of likely N-dealkylation sites (N-methyl/N-ethyl adjacent to an activating group) is 1. The second-order valence-electron chi connectivity index (χ2n) is 4.64. The number of methoxy groups -OCH3 is 1. The molecule has 0 radical (unpaired) electrons. The normalized spacial score (nSPS) is 11.2. The lowest BCUT2D eigenvalue weighted by molar-refractivity contribution is 0.276. The first-order valence-electron chi connectivity index (χ1n) is 5.88. The van der Waals surface area contributed by atoms with E-state index in [-0.39, 0.29) is 0 Å². The quantitative estimate of drug-likeness (QED) is 0.758. The summed E-state index contributed by atoms with van der Waals surface area (Å²) in [7, 11) is 3.90. The third kappa shape index (κ3) is 3.53. The molecule has 1 aromatic carbocycles. The molecule has 0 aromatic heterocycles. The molecular formula is C14H23NO. The predicted molar refractivity (Wildman–Crippen MR) is 69.2 cm³/mol. The van der Waals surface area contributed by atoms with Crippen LogP contribution >= 0.6 is 0 Å². The zero-order valence-corrected chi connectivity index (χ0v) is 11.1. The molecule has 0 saturated heterocycles. The fraction of sp³-hybridized carbons (Fsp3) is 0.571. The van der Waals surface area contributed by atoms with E-state index in [9.17, 15) is 0 Å². The highest BCUT2D eigenvalue weighted by Crippen LogP contribution is 2.20. The SMILES string of the molecule is COc1ccc(C)cc1CCN(C)C(C)C. The summed E-state index contributed by atoms with van der Waals surface area (Å²) in [6.07, 6.45) is 1.04. The molecule has 0 unspecified atom stereocenters. The Morgan fingerprint density at radius 1 is 1.31 bits per heavy atom. The van der Waals surface area contributed by atoms with Crippen LogP contribution < -0.4 is 4.74 Å². The summed E-state index contributed by atoms with van der Waals surface area (Å²) >= 11 is 0. The topological polar surface area (TPSA) is 12.5 Å². The highest BCUT2D eigenvalue weighted by molar-refractivity contribution is 5.37. The highest BCUT2D eigenvalue weighted by Gasteiger charge is 2.07. The van der Waals surface area contributed by atoms with E-state index in [1.54, 1.807) is 7.11 Å². The van der Waals surface area contributed by atoms with Gasteiger partial charge >= 0.3 is 0 Å². The second-order valence-corrected chi connectivity index (χ2v) is 4.64. The van der Waals surface area contributed by atoms with Crippen molar-refractivity contribution in [3.05, 3.63) is 29.3 Å². The lowest BCUT2D eigenvalue weighted by atomic mass is 10.1. The zero-order valence-electron chi connectivity index (χ0n) is 11.1. The molecule has 0 aliphatic heterocycles. The molecule has 16 heavy (non-hydrogen) atoms. The van der Waals surface area contributed by atoms with Gasteiger partial charge in [0.15, 0.2) is 0 Å². The van der Waals surface area contributed by atoms with Crippen LogP contribution in [-0.2, 0) is 6.42 Å². The minimum atomic E-state index is 0.593. The van der Waals surface area contributed by atoms with E-state index in [1.807, 2.05) is 0 Å². The van der Waals surface area contributed by atoms with Crippen molar-refractivity contribution in [2.24, 2.45) is 0 Å². The summed E-state index contributed by atoms with van der Waals surface area (Å²) in [6, 6.07) is 6.96. The maximum absolute atomic E-state index is 5.37. The lowest BCUT2D eigenvalue weighted by Crippen LogP contribution is -2.28. The molecule has 90 valence electrons. The molecule has 0 amide bonds. The molecule has 0 heterocycles. The van der Waals surface area contributed by atoms with Crippen LogP contribution in [0.15, 0.2) is 18.2 Å². The lowest BCUT2D eigenvalue weighted by Gasteiger charge is -2.21. The predicted octanol–water partition coefficient (Wildman–Crippen LogP) is 2.89. The van der Waals surface area contributed by atoms with Gasteiger partial charge in [-0.05, 0) is 45.9 Å². The van der Waals surface area contributed by atoms with Crippen molar-refractivity contribution >= 4 is 0 Å². The van der Waals surface area contributed by atoms with Gasteiger partial charge in [-0.1, -0.05) is 17.7 Å². The minimum Gasteiger partial charge on any atom is -0.496 e. The summed E-state index contributed by atoms with van der Waals surface area (Å²) in [5, 5.41) is 0. The number of ether oxygens (including phenoxy) is 1. The van der Waals surface area contributed by atoms with E-state index in [0.717, 1.165) is 18.7 Å². The molecule has 0 bridgehead atoms. The van der Waals surface area contributed by atoms with Gasteiger partial charge in [-0.15, -0.1) is 0 Å². The number of hydrogen-bond donors (Lipinski definition) is 0. The van der Waals surface area contributed by atoms with Gasteiger partial charge in [0.2, 0.25) is 0 Å². The number of benzene rings is 1. The number of nitrogens with zero attached hydrogens (tertiary/aromatic N) is 1. The first kappa shape index (κ1) is 13.0. The molecule has 0 spiro atoms. The summed E-state index contributed by atoms with van der Waals surface area (Å²) in [4.78, 5) is 2.35. The highest BCUT2D eigenvalue weighted by atomic mass is 16.5. The molecule has 1 rings (SSSR count). The second kappa shape index (κ2) is 5.90. The van der Waals surface area contributed by atoms with Gasteiger partial charge in [0.25, 0.3) is 0 Å². The first-order chi connectivity index (χ1) is 7.54. The van der Waals surface area contributed by atoms with E-state index in [2.05, 4.69) is 50.9 Å². The van der Waals surface area contributed by atoms with Gasteiger partial charge in [0, 0.05) is 12.6 Å². The smallest absolute Gasteiger partial charge is 0.122 e. The van der Waals surface area contributed by atoms with Crippen LogP contribution in [0.2, 0.25) is 0 Å². The Balaban J connectivity index is 2.68. The molecule has 2 nitrogen and oxygen atoms in total. The van der Waals surface area contributed by atoms with E-state index >= 15 is 0 Å². The summed E-state index contributed by atoms with van der Waals surface area (Å²) < 4.78 is 5.37. The van der Waals surface area contributed by atoms with Crippen LogP contribution in [0.5, 0.6) is 5.75 Å². The van der Waals surface area contributed by atoms with E-state index in [4.69, 9.17) is 4.74 Å². The average molecular weight is 221 g/mol. The Morgan fingerprint density at radius 3 is 2.56 bits per heavy atom. The monoisotopic (exact) mass is 221 g/mol. The average Bonchev–Trinajstić information content (AvgIpc) is 2.25. The standard InChI is InChI=1S/C14H23NO/c1-11(2)15(4)9-8-13-10-12(3)6-7-14(13)16-5/h6-7,10-11H,8-9H2,1-5H3. The Labute approximate surface area is 99.2 Å². The summed E-state index contributed by atoms with van der Waals surface area (Å²) in [5.74, 6) is 1.00. The van der Waals surface area contributed by atoms with Crippen molar-refractivity contribution in [1.82, 2.24) is 4.90 Å². The van der Waals surface area contributed by atoms with Gasteiger partial charge < -0.3 is 9.64 Å². The Bertz CT molecular complexity index is 334. The zero-order chi connectivity index (χ0) is 12.1. The van der Waals surface area contributed by atoms with Crippen LogP contribution in [0.4, 0.5) is 0 Å². The summed E-state index contributed by atoms with van der Waals surface area (Å²) in [6.45, 7) is 7.62. The van der Waals surface area contributed by atoms with Crippen LogP contribution in [-0.4, -0.2) is 31.6 Å². The van der Waals surface area contributed by atoms with Crippen LogP contribution in [0.3, 0.4) is 0 Å². The van der Waals surface area contributed by atoms with Crippen LogP contribution in [0.25, 0.3) is 0 Å². The van der Waals surface area contributed by atoms with Crippen molar-refractivity contribution in [3.8, 4) is 5.75 Å². The first-order valence-corrected chi connectivity index (χ1v) is 5.88. The van der Waals surface area contributed by atoms with Gasteiger partial charge in [-0.2, -0.15) is 0 Å². The number of hydrogen-bond acceptors (Lipinski definition) is 2. The molecule has 0 fully saturated rings. The van der Waals surface area contributed by atoms with Crippen LogP contribution in [0, 0.1) is 6.92 Å². The van der Waals surface area contributed by atoms with Gasteiger partial charge in [0.05, 0.1) is 7.11 Å². The fourth-order valence-electron chi connectivity index (χ4n) is 1.66. The molecule has 0 saturated carbocycles. The molecule has 0 aliphatic carbocycles. The minimum absolute atomic E-state index is 0.593. The van der Waals surface area contributed by atoms with Crippen molar-refractivity contribution < 1.29 is 4.74 Å². The number of rotatable bonds is 5. The Morgan fingerprint density at radius 2 is 2.00 bits per heavy atom. The van der Waals surface area contributed by atoms with E-state index in [1.165, 1.54) is 11.1 Å². The molecule has 2 heteroatoms. The van der Waals surface area contributed by atoms with Gasteiger partial charge in [-0.25, -0.2) is 0 Å². The van der Waals surface area contributed by atoms with Gasteiger partial charge in [0.1, 0.15) is 5.75 Å². The Hall–Kier alpha value is -1.02. The number of aryl methyl sites for hydroxylation is 1. The van der Waals surface area contributed by atoms with E-state index < -0.39 is 0 Å². The van der Waals surface area contributed by atoms with Crippen molar-refractivity contribution in [3.63, 3.8) is 0 Å². The van der Waals surface area contributed by atoms with Crippen molar-refractivity contribution in [1.29, 1.82) is 0 Å².